The third-order valence-electron chi connectivity index (χ3n) is 5.91. The maximum atomic E-state index is 13.6. The highest BCUT2D eigenvalue weighted by molar-refractivity contribution is 7.92. The molecule has 3 aromatic carbocycles. The van der Waals surface area contributed by atoms with Crippen molar-refractivity contribution in [3.8, 4) is 0 Å². The number of nitrogens with one attached hydrogen (secondary N) is 1. The number of hydrogen-bond donors (Lipinski definition) is 1. The molecule has 3 rings (SSSR count). The topological polar surface area (TPSA) is 66.5 Å². The Hall–Kier alpha value is -3.12. The van der Waals surface area contributed by atoms with Crippen molar-refractivity contribution in [1.82, 2.24) is 5.32 Å². The quantitative estimate of drug-likeness (QED) is 0.475. The predicted molar refractivity (Wildman–Crippen MR) is 139 cm³/mol. The molecule has 1 N–H and O–H groups in total. The van der Waals surface area contributed by atoms with Gasteiger partial charge in [0.15, 0.2) is 0 Å². The molecule has 1 atom stereocenters. The van der Waals surface area contributed by atoms with Crippen LogP contribution in [0.1, 0.15) is 56.0 Å². The average Bonchev–Trinajstić information content (AvgIpc) is 2.79. The van der Waals surface area contributed by atoms with Crippen LogP contribution in [0.3, 0.4) is 0 Å². The molecule has 180 valence electrons. The van der Waals surface area contributed by atoms with Gasteiger partial charge in [-0.25, -0.2) is 8.42 Å². The molecule has 6 heteroatoms. The highest BCUT2D eigenvalue weighted by Gasteiger charge is 2.28. The van der Waals surface area contributed by atoms with Crippen molar-refractivity contribution in [2.75, 3.05) is 10.8 Å². The number of carbonyl (C=O) groups excluding carboxylic acids is 1. The van der Waals surface area contributed by atoms with Crippen LogP contribution in [-0.2, 0) is 20.2 Å². The summed E-state index contributed by atoms with van der Waals surface area (Å²) < 4.78 is 28.3. The molecule has 1 unspecified atom stereocenters. The summed E-state index contributed by atoms with van der Waals surface area (Å²) in [5, 5.41) is 2.97. The monoisotopic (exact) mass is 478 g/mol. The second-order valence-electron chi connectivity index (χ2n) is 9.78. The van der Waals surface area contributed by atoms with E-state index in [1.165, 1.54) is 9.87 Å². The molecule has 1 amide bonds. The van der Waals surface area contributed by atoms with Crippen LogP contribution in [-0.4, -0.2) is 20.9 Å². The van der Waals surface area contributed by atoms with Gasteiger partial charge in [-0.3, -0.25) is 9.10 Å². The first-order valence-electron chi connectivity index (χ1n) is 11.4. The lowest BCUT2D eigenvalue weighted by atomic mass is 9.86. The van der Waals surface area contributed by atoms with Crippen molar-refractivity contribution >= 4 is 21.6 Å². The number of carbonyl (C=O) groups is 1. The van der Waals surface area contributed by atoms with Gasteiger partial charge in [-0.05, 0) is 66.6 Å². The van der Waals surface area contributed by atoms with Crippen LogP contribution < -0.4 is 9.62 Å². The van der Waals surface area contributed by atoms with Gasteiger partial charge >= 0.3 is 0 Å². The van der Waals surface area contributed by atoms with Crippen molar-refractivity contribution in [3.05, 3.63) is 95.1 Å². The van der Waals surface area contributed by atoms with Crippen LogP contribution in [0.15, 0.2) is 77.7 Å². The van der Waals surface area contributed by atoms with Crippen molar-refractivity contribution < 1.29 is 13.2 Å². The Morgan fingerprint density at radius 2 is 1.56 bits per heavy atom. The van der Waals surface area contributed by atoms with Gasteiger partial charge in [-0.2, -0.15) is 0 Å². The average molecular weight is 479 g/mol. The van der Waals surface area contributed by atoms with Crippen LogP contribution in [0, 0.1) is 13.8 Å². The van der Waals surface area contributed by atoms with E-state index in [1.54, 1.807) is 36.4 Å². The van der Waals surface area contributed by atoms with E-state index in [2.05, 4.69) is 38.2 Å². The third kappa shape index (κ3) is 5.86. The van der Waals surface area contributed by atoms with Gasteiger partial charge in [0.1, 0.15) is 6.54 Å². The second-order valence-corrected chi connectivity index (χ2v) is 11.6. The molecule has 0 saturated carbocycles. The van der Waals surface area contributed by atoms with E-state index in [-0.39, 0.29) is 28.8 Å². The zero-order valence-corrected chi connectivity index (χ0v) is 21.6. The molecule has 34 heavy (non-hydrogen) atoms. The van der Waals surface area contributed by atoms with Crippen LogP contribution in [0.4, 0.5) is 5.69 Å². The summed E-state index contributed by atoms with van der Waals surface area (Å²) in [6, 6.07) is 21.7. The molecule has 0 spiro atoms. The van der Waals surface area contributed by atoms with Gasteiger partial charge in [0, 0.05) is 0 Å². The molecule has 0 aliphatic carbocycles. The summed E-state index contributed by atoms with van der Waals surface area (Å²) in [7, 11) is -3.94. The van der Waals surface area contributed by atoms with Crippen LogP contribution in [0.2, 0.25) is 0 Å². The van der Waals surface area contributed by atoms with Crippen LogP contribution in [0.5, 0.6) is 0 Å². The van der Waals surface area contributed by atoms with Gasteiger partial charge in [0.05, 0.1) is 16.6 Å². The standard InChI is InChI=1S/C28H34N2O3S/c1-20-12-13-21(2)26(18-20)30(34(32,33)25-10-8-7-9-11-25)19-27(31)29-22(3)23-14-16-24(17-15-23)28(4,5)6/h7-18,22H,19H2,1-6H3,(H,29,31). The fourth-order valence-electron chi connectivity index (χ4n) is 3.78. The molecule has 0 aromatic heterocycles. The smallest absolute Gasteiger partial charge is 0.264 e. The summed E-state index contributed by atoms with van der Waals surface area (Å²) in [5.41, 5.74) is 4.42. The molecule has 5 nitrogen and oxygen atoms in total. The minimum absolute atomic E-state index is 0.0446. The fraction of sp³-hybridized carbons (Fsp3) is 0.321. The predicted octanol–water partition coefficient (Wildman–Crippen LogP) is 5.67. The van der Waals surface area contributed by atoms with Crippen molar-refractivity contribution in [1.29, 1.82) is 0 Å². The van der Waals surface area contributed by atoms with E-state index >= 15 is 0 Å². The fourth-order valence-corrected chi connectivity index (χ4v) is 5.28. The van der Waals surface area contributed by atoms with Gasteiger partial charge < -0.3 is 5.32 Å². The lowest BCUT2D eigenvalue weighted by Crippen LogP contribution is -2.42. The summed E-state index contributed by atoms with van der Waals surface area (Å²) in [6.45, 7) is 11.8. The van der Waals surface area contributed by atoms with E-state index in [0.29, 0.717) is 5.69 Å². The first-order valence-corrected chi connectivity index (χ1v) is 12.9. The maximum absolute atomic E-state index is 13.6. The molecule has 3 aromatic rings. The number of rotatable bonds is 7. The Morgan fingerprint density at radius 3 is 2.15 bits per heavy atom. The van der Waals surface area contributed by atoms with Crippen LogP contribution in [0.25, 0.3) is 0 Å². The molecule has 0 aliphatic rings. The van der Waals surface area contributed by atoms with Gasteiger partial charge in [0.2, 0.25) is 5.91 Å². The zero-order chi connectivity index (χ0) is 25.1. The van der Waals surface area contributed by atoms with Crippen molar-refractivity contribution in [3.63, 3.8) is 0 Å². The number of hydrogen-bond acceptors (Lipinski definition) is 3. The van der Waals surface area contributed by atoms with E-state index in [9.17, 15) is 13.2 Å². The molecule has 0 aliphatic heterocycles. The first kappa shape index (κ1) is 25.5. The molecule has 0 bridgehead atoms. The number of benzene rings is 3. The maximum Gasteiger partial charge on any atom is 0.264 e. The molecule has 0 saturated heterocycles. The number of aryl methyl sites for hydroxylation is 2. The van der Waals surface area contributed by atoms with Gasteiger partial charge in [-0.1, -0.05) is 75.4 Å². The van der Waals surface area contributed by atoms with Gasteiger partial charge in [-0.15, -0.1) is 0 Å². The summed E-state index contributed by atoms with van der Waals surface area (Å²) in [6.07, 6.45) is 0. The van der Waals surface area contributed by atoms with E-state index in [0.717, 1.165) is 16.7 Å². The number of nitrogens with zero attached hydrogens (tertiary/aromatic N) is 1. The number of amides is 1. The Balaban J connectivity index is 1.88. The summed E-state index contributed by atoms with van der Waals surface area (Å²) in [5.74, 6) is -0.368. The minimum atomic E-state index is -3.94. The van der Waals surface area contributed by atoms with Crippen LogP contribution >= 0.6 is 0 Å². The highest BCUT2D eigenvalue weighted by atomic mass is 32.2. The molecular weight excluding hydrogens is 444 g/mol. The molecule has 0 fully saturated rings. The molecular formula is C28H34N2O3S. The van der Waals surface area contributed by atoms with Crippen molar-refractivity contribution in [2.45, 2.75) is 57.9 Å². The number of sulfonamides is 1. The molecule has 0 radical (unpaired) electrons. The normalized spacial score (nSPS) is 12.8. The van der Waals surface area contributed by atoms with Gasteiger partial charge in [0.25, 0.3) is 10.0 Å². The largest absolute Gasteiger partial charge is 0.348 e. The van der Waals surface area contributed by atoms with E-state index in [1.807, 2.05) is 45.0 Å². The second kappa shape index (κ2) is 10.0. The first-order chi connectivity index (χ1) is 15.9. The third-order valence-corrected chi connectivity index (χ3v) is 7.68. The minimum Gasteiger partial charge on any atom is -0.348 e. The van der Waals surface area contributed by atoms with E-state index in [4.69, 9.17) is 0 Å². The lowest BCUT2D eigenvalue weighted by Gasteiger charge is -2.27. The number of anilines is 1. The summed E-state index contributed by atoms with van der Waals surface area (Å²) in [4.78, 5) is 13.2. The van der Waals surface area contributed by atoms with E-state index < -0.39 is 10.0 Å². The Morgan fingerprint density at radius 1 is 0.941 bits per heavy atom. The Labute approximate surface area is 203 Å². The molecule has 0 heterocycles. The summed E-state index contributed by atoms with van der Waals surface area (Å²) >= 11 is 0. The zero-order valence-electron chi connectivity index (χ0n) is 20.8. The van der Waals surface area contributed by atoms with Crippen molar-refractivity contribution in [2.24, 2.45) is 0 Å². The lowest BCUT2D eigenvalue weighted by molar-refractivity contribution is -0.120. The highest BCUT2D eigenvalue weighted by Crippen LogP contribution is 2.28. The Bertz CT molecular complexity index is 1250. The Kier molecular flexibility index (Phi) is 7.51. The SMILES string of the molecule is Cc1ccc(C)c(N(CC(=O)NC(C)c2ccc(C(C)(C)C)cc2)S(=O)(=O)c2ccccc2)c1.